The van der Waals surface area contributed by atoms with E-state index < -0.39 is 10.0 Å². The van der Waals surface area contributed by atoms with Gasteiger partial charge in [-0.1, -0.05) is 33.6 Å². The van der Waals surface area contributed by atoms with E-state index in [-0.39, 0.29) is 0 Å². The molecule has 0 saturated carbocycles. The third kappa shape index (κ3) is 3.03. The van der Waals surface area contributed by atoms with Gasteiger partial charge in [-0.25, -0.2) is 12.7 Å². The number of benzene rings is 1. The standard InChI is InChI=1S/C10H14BrNO2S/c1-9-3-5-10(6-4-9)15(13,14)12(2)8-7-11/h3-6H,7-8H2,1-2H3. The zero-order chi connectivity index (χ0) is 11.5. The summed E-state index contributed by atoms with van der Waals surface area (Å²) < 4.78 is 25.2. The second-order valence-corrected chi connectivity index (χ2v) is 6.17. The molecule has 1 aromatic rings. The third-order valence-electron chi connectivity index (χ3n) is 2.13. The summed E-state index contributed by atoms with van der Waals surface area (Å²) in [6.45, 7) is 2.40. The molecule has 15 heavy (non-hydrogen) atoms. The molecular weight excluding hydrogens is 278 g/mol. The molecule has 0 heterocycles. The SMILES string of the molecule is Cc1ccc(S(=O)(=O)N(C)CCBr)cc1. The summed E-state index contributed by atoms with van der Waals surface area (Å²) in [7, 11) is -1.73. The Kier molecular flexibility index (Phi) is 4.31. The van der Waals surface area contributed by atoms with E-state index >= 15 is 0 Å². The lowest BCUT2D eigenvalue weighted by molar-refractivity contribution is 0.489. The maximum absolute atomic E-state index is 11.9. The van der Waals surface area contributed by atoms with Crippen LogP contribution in [0.25, 0.3) is 0 Å². The van der Waals surface area contributed by atoms with Gasteiger partial charge in [0.2, 0.25) is 10.0 Å². The molecule has 0 fully saturated rings. The summed E-state index contributed by atoms with van der Waals surface area (Å²) in [5.74, 6) is 0. The molecule has 0 unspecified atom stereocenters. The molecule has 0 radical (unpaired) electrons. The third-order valence-corrected chi connectivity index (χ3v) is 4.35. The first-order chi connectivity index (χ1) is 6.98. The van der Waals surface area contributed by atoms with Gasteiger partial charge in [-0.15, -0.1) is 0 Å². The molecule has 3 nitrogen and oxygen atoms in total. The minimum absolute atomic E-state index is 0.344. The van der Waals surface area contributed by atoms with Crippen molar-refractivity contribution >= 4 is 26.0 Å². The minimum atomic E-state index is -3.31. The lowest BCUT2D eigenvalue weighted by Crippen LogP contribution is -2.28. The fourth-order valence-corrected chi connectivity index (χ4v) is 3.07. The van der Waals surface area contributed by atoms with Crippen molar-refractivity contribution < 1.29 is 8.42 Å². The van der Waals surface area contributed by atoms with Gasteiger partial charge < -0.3 is 0 Å². The van der Waals surface area contributed by atoms with Crippen LogP contribution in [0.2, 0.25) is 0 Å². The normalized spacial score (nSPS) is 12.0. The Morgan fingerprint density at radius 2 is 1.80 bits per heavy atom. The maximum atomic E-state index is 11.9. The van der Waals surface area contributed by atoms with E-state index in [1.165, 1.54) is 4.31 Å². The molecule has 0 N–H and O–H groups in total. The van der Waals surface area contributed by atoms with Crippen molar-refractivity contribution in [1.82, 2.24) is 4.31 Å². The number of aryl methyl sites for hydroxylation is 1. The molecule has 0 amide bonds. The number of rotatable bonds is 4. The van der Waals surface area contributed by atoms with Crippen molar-refractivity contribution in [3.8, 4) is 0 Å². The molecule has 0 aromatic heterocycles. The summed E-state index contributed by atoms with van der Waals surface area (Å²) in [5.41, 5.74) is 1.05. The smallest absolute Gasteiger partial charge is 0.207 e. The predicted octanol–water partition coefficient (Wildman–Crippen LogP) is 2.01. The molecule has 0 spiro atoms. The highest BCUT2D eigenvalue weighted by Crippen LogP contribution is 2.14. The van der Waals surface area contributed by atoms with Gasteiger partial charge in [0, 0.05) is 18.9 Å². The molecule has 0 saturated heterocycles. The number of halogens is 1. The Bertz CT molecular complexity index is 414. The van der Waals surface area contributed by atoms with Crippen LogP contribution in [-0.4, -0.2) is 31.6 Å². The van der Waals surface area contributed by atoms with Crippen LogP contribution in [0.5, 0.6) is 0 Å². The van der Waals surface area contributed by atoms with E-state index in [4.69, 9.17) is 0 Å². The van der Waals surface area contributed by atoms with Crippen molar-refractivity contribution in [2.24, 2.45) is 0 Å². The monoisotopic (exact) mass is 291 g/mol. The highest BCUT2D eigenvalue weighted by molar-refractivity contribution is 9.09. The number of nitrogens with zero attached hydrogens (tertiary/aromatic N) is 1. The summed E-state index contributed by atoms with van der Waals surface area (Å²) >= 11 is 3.22. The Morgan fingerprint density at radius 3 is 2.27 bits per heavy atom. The fourth-order valence-electron chi connectivity index (χ4n) is 1.13. The summed E-state index contributed by atoms with van der Waals surface area (Å²) in [6, 6.07) is 6.87. The van der Waals surface area contributed by atoms with E-state index in [9.17, 15) is 8.42 Å². The molecule has 0 aliphatic carbocycles. The molecule has 0 bridgehead atoms. The molecule has 0 atom stereocenters. The van der Waals surface area contributed by atoms with Crippen molar-refractivity contribution in [2.75, 3.05) is 18.9 Å². The highest BCUT2D eigenvalue weighted by atomic mass is 79.9. The van der Waals surface area contributed by atoms with Gasteiger partial charge in [0.05, 0.1) is 4.90 Å². The van der Waals surface area contributed by atoms with Gasteiger partial charge in [-0.05, 0) is 19.1 Å². The van der Waals surface area contributed by atoms with E-state index in [0.29, 0.717) is 16.8 Å². The Balaban J connectivity index is 3.01. The summed E-state index contributed by atoms with van der Waals surface area (Å²) in [6.07, 6.45) is 0. The molecule has 0 aliphatic rings. The topological polar surface area (TPSA) is 37.4 Å². The first kappa shape index (κ1) is 12.7. The van der Waals surface area contributed by atoms with Gasteiger partial charge >= 0.3 is 0 Å². The van der Waals surface area contributed by atoms with Gasteiger partial charge in [-0.2, -0.15) is 0 Å². The van der Waals surface area contributed by atoms with E-state index in [2.05, 4.69) is 15.9 Å². The molecule has 5 heteroatoms. The molecule has 1 aromatic carbocycles. The minimum Gasteiger partial charge on any atom is -0.207 e. The van der Waals surface area contributed by atoms with Gasteiger partial charge in [-0.3, -0.25) is 0 Å². The van der Waals surface area contributed by atoms with E-state index in [0.717, 1.165) is 5.56 Å². The lowest BCUT2D eigenvalue weighted by atomic mass is 10.2. The summed E-state index contributed by atoms with van der Waals surface area (Å²) in [4.78, 5) is 0.344. The zero-order valence-electron chi connectivity index (χ0n) is 8.77. The summed E-state index contributed by atoms with van der Waals surface area (Å²) in [5, 5.41) is 0.634. The van der Waals surface area contributed by atoms with Crippen molar-refractivity contribution in [1.29, 1.82) is 0 Å². The van der Waals surface area contributed by atoms with E-state index in [1.807, 2.05) is 6.92 Å². The van der Waals surface area contributed by atoms with Crippen LogP contribution >= 0.6 is 15.9 Å². The average molecular weight is 292 g/mol. The molecule has 84 valence electrons. The van der Waals surface area contributed by atoms with Crippen LogP contribution in [0.15, 0.2) is 29.2 Å². The van der Waals surface area contributed by atoms with Crippen LogP contribution in [-0.2, 0) is 10.0 Å². The first-order valence-corrected chi connectivity index (χ1v) is 7.13. The van der Waals surface area contributed by atoms with E-state index in [1.54, 1.807) is 31.3 Å². The van der Waals surface area contributed by atoms with Gasteiger partial charge in [0.15, 0.2) is 0 Å². The molecular formula is C10H14BrNO2S. The second-order valence-electron chi connectivity index (χ2n) is 3.33. The van der Waals surface area contributed by atoms with Gasteiger partial charge in [0.25, 0.3) is 0 Å². The van der Waals surface area contributed by atoms with Crippen LogP contribution in [0, 0.1) is 6.92 Å². The average Bonchev–Trinajstić information content (AvgIpc) is 2.18. The fraction of sp³-hybridized carbons (Fsp3) is 0.400. The van der Waals surface area contributed by atoms with Crippen LogP contribution < -0.4 is 0 Å². The Hall–Kier alpha value is -0.390. The zero-order valence-corrected chi connectivity index (χ0v) is 11.2. The van der Waals surface area contributed by atoms with Gasteiger partial charge in [0.1, 0.15) is 0 Å². The second kappa shape index (κ2) is 5.09. The number of hydrogen-bond acceptors (Lipinski definition) is 2. The number of sulfonamides is 1. The molecule has 0 aliphatic heterocycles. The lowest BCUT2D eigenvalue weighted by Gasteiger charge is -2.15. The van der Waals surface area contributed by atoms with Crippen LogP contribution in [0.4, 0.5) is 0 Å². The van der Waals surface area contributed by atoms with Crippen molar-refractivity contribution in [2.45, 2.75) is 11.8 Å². The van der Waals surface area contributed by atoms with Crippen molar-refractivity contribution in [3.05, 3.63) is 29.8 Å². The largest absolute Gasteiger partial charge is 0.242 e. The van der Waals surface area contributed by atoms with Crippen LogP contribution in [0.3, 0.4) is 0 Å². The Morgan fingerprint density at radius 1 is 1.27 bits per heavy atom. The van der Waals surface area contributed by atoms with Crippen LogP contribution in [0.1, 0.15) is 5.56 Å². The Labute approximate surface area is 99.3 Å². The number of hydrogen-bond donors (Lipinski definition) is 0. The molecule has 1 rings (SSSR count). The number of alkyl halides is 1. The maximum Gasteiger partial charge on any atom is 0.242 e. The quantitative estimate of drug-likeness (QED) is 0.796. The van der Waals surface area contributed by atoms with Crippen molar-refractivity contribution in [3.63, 3.8) is 0 Å². The highest BCUT2D eigenvalue weighted by Gasteiger charge is 2.19. The predicted molar refractivity (Wildman–Crippen MR) is 64.8 cm³/mol. The first-order valence-electron chi connectivity index (χ1n) is 4.57.